The molecule has 1 aromatic heterocycles. The second-order valence-corrected chi connectivity index (χ2v) is 5.21. The monoisotopic (exact) mass is 281 g/mol. The molecule has 0 bridgehead atoms. The van der Waals surface area contributed by atoms with Gasteiger partial charge in [0.05, 0.1) is 28.3 Å². The number of benzene rings is 1. The molecule has 0 fully saturated rings. The molecule has 1 aromatic carbocycles. The van der Waals surface area contributed by atoms with Crippen LogP contribution in [-0.4, -0.2) is 17.9 Å². The Morgan fingerprint density at radius 3 is 2.72 bits per heavy atom. The first-order valence-corrected chi connectivity index (χ1v) is 6.55. The predicted octanol–water partition coefficient (Wildman–Crippen LogP) is 3.98. The summed E-state index contributed by atoms with van der Waals surface area (Å²) >= 11 is 7.52. The number of ketones is 1. The number of aromatic nitrogens is 1. The van der Waals surface area contributed by atoms with Gasteiger partial charge in [0.15, 0.2) is 5.78 Å². The molecule has 1 heterocycles. The molecule has 0 aliphatic rings. The quantitative estimate of drug-likeness (QED) is 0.799. The molecule has 0 N–H and O–H groups in total. The van der Waals surface area contributed by atoms with Gasteiger partial charge in [-0.3, -0.25) is 4.79 Å². The Bertz CT molecular complexity index is 607. The maximum absolute atomic E-state index is 11.5. The zero-order chi connectivity index (χ0) is 13.3. The number of Topliss-reactive ketones (excluding diaryl/α,β-unsaturated/α-hetero) is 1. The van der Waals surface area contributed by atoms with Crippen LogP contribution in [0.25, 0.3) is 10.6 Å². The minimum Gasteiger partial charge on any atom is -0.496 e. The Morgan fingerprint density at radius 2 is 2.17 bits per heavy atom. The summed E-state index contributed by atoms with van der Waals surface area (Å²) in [6, 6.07) is 5.42. The van der Waals surface area contributed by atoms with Gasteiger partial charge in [-0.25, -0.2) is 4.98 Å². The summed E-state index contributed by atoms with van der Waals surface area (Å²) in [6.45, 7) is 3.36. The number of halogens is 1. The number of rotatable bonds is 3. The first-order valence-electron chi connectivity index (χ1n) is 5.35. The Labute approximate surface area is 114 Å². The summed E-state index contributed by atoms with van der Waals surface area (Å²) in [5, 5.41) is 1.28. The molecule has 2 rings (SSSR count). The van der Waals surface area contributed by atoms with Crippen LogP contribution in [0.1, 0.15) is 22.3 Å². The summed E-state index contributed by atoms with van der Waals surface area (Å²) < 4.78 is 5.29. The smallest absolute Gasteiger partial charge is 0.171 e. The molecule has 0 amide bonds. The normalized spacial score (nSPS) is 10.4. The van der Waals surface area contributed by atoms with Crippen LogP contribution < -0.4 is 4.74 Å². The van der Waals surface area contributed by atoms with Gasteiger partial charge in [0.1, 0.15) is 10.8 Å². The third kappa shape index (κ3) is 2.26. The lowest BCUT2D eigenvalue weighted by molar-refractivity contribution is 0.102. The van der Waals surface area contributed by atoms with Crippen molar-refractivity contribution in [2.45, 2.75) is 13.8 Å². The summed E-state index contributed by atoms with van der Waals surface area (Å²) in [6.07, 6.45) is 0. The van der Waals surface area contributed by atoms with Crippen molar-refractivity contribution >= 4 is 28.7 Å². The number of methoxy groups -OCH3 is 1. The van der Waals surface area contributed by atoms with Crippen molar-refractivity contribution in [1.82, 2.24) is 4.98 Å². The number of carbonyl (C=O) groups is 1. The Balaban J connectivity index is 2.62. The topological polar surface area (TPSA) is 39.2 Å². The Morgan fingerprint density at radius 1 is 1.44 bits per heavy atom. The molecule has 3 nitrogen and oxygen atoms in total. The van der Waals surface area contributed by atoms with E-state index in [9.17, 15) is 4.79 Å². The van der Waals surface area contributed by atoms with Crippen LogP contribution in [0.4, 0.5) is 0 Å². The molecule has 2 aromatic rings. The zero-order valence-corrected chi connectivity index (χ0v) is 11.9. The van der Waals surface area contributed by atoms with Gasteiger partial charge in [0.25, 0.3) is 0 Å². The molecule has 0 saturated heterocycles. The van der Waals surface area contributed by atoms with E-state index in [1.165, 1.54) is 18.3 Å². The number of hydrogen-bond donors (Lipinski definition) is 0. The van der Waals surface area contributed by atoms with Crippen LogP contribution in [0.15, 0.2) is 18.2 Å². The number of hydrogen-bond acceptors (Lipinski definition) is 4. The second kappa shape index (κ2) is 5.08. The molecule has 18 heavy (non-hydrogen) atoms. The first kappa shape index (κ1) is 13.1. The van der Waals surface area contributed by atoms with Gasteiger partial charge < -0.3 is 4.74 Å². The van der Waals surface area contributed by atoms with Crippen molar-refractivity contribution in [3.8, 4) is 16.3 Å². The van der Waals surface area contributed by atoms with Crippen LogP contribution in [0.2, 0.25) is 5.02 Å². The van der Waals surface area contributed by atoms with Crippen LogP contribution in [0, 0.1) is 6.92 Å². The molecule has 0 radical (unpaired) electrons. The minimum atomic E-state index is 0.0160. The van der Waals surface area contributed by atoms with E-state index >= 15 is 0 Å². The predicted molar refractivity (Wildman–Crippen MR) is 73.9 cm³/mol. The Kier molecular flexibility index (Phi) is 3.68. The minimum absolute atomic E-state index is 0.0160. The highest BCUT2D eigenvalue weighted by Gasteiger charge is 2.18. The average molecular weight is 282 g/mol. The maximum atomic E-state index is 11.5. The van der Waals surface area contributed by atoms with E-state index in [0.717, 1.165) is 11.3 Å². The third-order valence-corrected chi connectivity index (χ3v) is 4.12. The van der Waals surface area contributed by atoms with E-state index in [0.29, 0.717) is 20.7 Å². The Hall–Kier alpha value is -1.39. The largest absolute Gasteiger partial charge is 0.496 e. The number of carbonyl (C=O) groups excluding carboxylic acids is 1. The summed E-state index contributed by atoms with van der Waals surface area (Å²) in [4.78, 5) is 16.5. The molecule has 0 aliphatic heterocycles. The maximum Gasteiger partial charge on any atom is 0.171 e. The van der Waals surface area contributed by atoms with Gasteiger partial charge in [0, 0.05) is 6.92 Å². The SMILES string of the molecule is COc1cccc(Cl)c1-c1nc(C)c(C(C)=O)s1. The number of nitrogens with zero attached hydrogens (tertiary/aromatic N) is 1. The fourth-order valence-electron chi connectivity index (χ4n) is 1.71. The van der Waals surface area contributed by atoms with Gasteiger partial charge in [-0.2, -0.15) is 0 Å². The fourth-order valence-corrected chi connectivity index (χ4v) is 3.05. The lowest BCUT2D eigenvalue weighted by Crippen LogP contribution is -1.89. The van der Waals surface area contributed by atoms with Crippen molar-refractivity contribution in [2.75, 3.05) is 7.11 Å². The molecule has 0 atom stereocenters. The first-order chi connectivity index (χ1) is 8.54. The van der Waals surface area contributed by atoms with Crippen LogP contribution in [0.5, 0.6) is 5.75 Å². The van der Waals surface area contributed by atoms with E-state index in [-0.39, 0.29) is 5.78 Å². The van der Waals surface area contributed by atoms with E-state index in [1.54, 1.807) is 13.2 Å². The zero-order valence-electron chi connectivity index (χ0n) is 10.3. The van der Waals surface area contributed by atoms with E-state index in [1.807, 2.05) is 19.1 Å². The lowest BCUT2D eigenvalue weighted by Gasteiger charge is -2.07. The number of ether oxygens (including phenoxy) is 1. The third-order valence-electron chi connectivity index (χ3n) is 2.53. The fraction of sp³-hybridized carbons (Fsp3) is 0.231. The highest BCUT2D eigenvalue weighted by Crippen LogP contribution is 2.39. The highest BCUT2D eigenvalue weighted by atomic mass is 35.5. The molecular formula is C13H12ClNO2S. The molecule has 0 saturated carbocycles. The summed E-state index contributed by atoms with van der Waals surface area (Å²) in [5.74, 6) is 0.675. The molecular weight excluding hydrogens is 270 g/mol. The van der Waals surface area contributed by atoms with Crippen molar-refractivity contribution in [2.24, 2.45) is 0 Å². The molecule has 0 spiro atoms. The van der Waals surface area contributed by atoms with E-state index < -0.39 is 0 Å². The van der Waals surface area contributed by atoms with Crippen molar-refractivity contribution in [3.05, 3.63) is 33.8 Å². The van der Waals surface area contributed by atoms with Crippen LogP contribution >= 0.6 is 22.9 Å². The van der Waals surface area contributed by atoms with Crippen molar-refractivity contribution < 1.29 is 9.53 Å². The number of thiazole rings is 1. The van der Waals surface area contributed by atoms with Gasteiger partial charge >= 0.3 is 0 Å². The molecule has 0 unspecified atom stereocenters. The van der Waals surface area contributed by atoms with Crippen molar-refractivity contribution in [1.29, 1.82) is 0 Å². The van der Waals surface area contributed by atoms with E-state index in [2.05, 4.69) is 4.98 Å². The summed E-state index contributed by atoms with van der Waals surface area (Å²) in [7, 11) is 1.58. The van der Waals surface area contributed by atoms with Gasteiger partial charge in [-0.05, 0) is 19.1 Å². The summed E-state index contributed by atoms with van der Waals surface area (Å²) in [5.41, 5.74) is 1.46. The standard InChI is InChI=1S/C13H12ClNO2S/c1-7-12(8(2)16)18-13(15-7)11-9(14)5-4-6-10(11)17-3/h4-6H,1-3H3. The second-order valence-electron chi connectivity index (χ2n) is 3.81. The van der Waals surface area contributed by atoms with Crippen LogP contribution in [0.3, 0.4) is 0 Å². The molecule has 0 aliphatic carbocycles. The molecule has 94 valence electrons. The van der Waals surface area contributed by atoms with Gasteiger partial charge in [-0.15, -0.1) is 11.3 Å². The number of aryl methyl sites for hydroxylation is 1. The molecule has 5 heteroatoms. The average Bonchev–Trinajstić information content (AvgIpc) is 2.70. The van der Waals surface area contributed by atoms with Crippen LogP contribution in [-0.2, 0) is 0 Å². The lowest BCUT2D eigenvalue weighted by atomic mass is 10.2. The van der Waals surface area contributed by atoms with Crippen molar-refractivity contribution in [3.63, 3.8) is 0 Å². The van der Waals surface area contributed by atoms with Gasteiger partial charge in [0.2, 0.25) is 0 Å². The van der Waals surface area contributed by atoms with E-state index in [4.69, 9.17) is 16.3 Å². The highest BCUT2D eigenvalue weighted by molar-refractivity contribution is 7.17. The van der Waals surface area contributed by atoms with Gasteiger partial charge in [-0.1, -0.05) is 17.7 Å².